The van der Waals surface area contributed by atoms with E-state index in [4.69, 9.17) is 9.47 Å². The Morgan fingerprint density at radius 1 is 1.47 bits per heavy atom. The smallest absolute Gasteiger partial charge is 0.311 e. The molecule has 1 aromatic heterocycles. The van der Waals surface area contributed by atoms with Crippen LogP contribution in [-0.2, 0) is 4.74 Å². The summed E-state index contributed by atoms with van der Waals surface area (Å²) in [5.74, 6) is 0.521. The lowest BCUT2D eigenvalue weighted by molar-refractivity contribution is -0.384. The third-order valence-corrected chi connectivity index (χ3v) is 3.04. The second kappa shape index (κ2) is 5.81. The predicted molar refractivity (Wildman–Crippen MR) is 68.5 cm³/mol. The molecule has 0 bridgehead atoms. The first-order chi connectivity index (χ1) is 9.15. The summed E-state index contributed by atoms with van der Waals surface area (Å²) in [6, 6.07) is 2.77. The van der Waals surface area contributed by atoms with E-state index >= 15 is 0 Å². The SMILES string of the molecule is COc1ccc([N+](=O)[O-])c(NC2CNC[C@@H]2OC)n1. The summed E-state index contributed by atoms with van der Waals surface area (Å²) in [7, 11) is 3.08. The van der Waals surface area contributed by atoms with Crippen molar-refractivity contribution in [3.63, 3.8) is 0 Å². The normalized spacial score (nSPS) is 22.2. The molecule has 0 saturated carbocycles. The largest absolute Gasteiger partial charge is 0.481 e. The van der Waals surface area contributed by atoms with E-state index in [0.29, 0.717) is 19.0 Å². The molecule has 2 atom stereocenters. The van der Waals surface area contributed by atoms with Gasteiger partial charge in [0.2, 0.25) is 11.7 Å². The molecule has 2 rings (SSSR count). The number of nitro groups is 1. The Hall–Kier alpha value is -1.93. The number of anilines is 1. The molecule has 0 aliphatic carbocycles. The van der Waals surface area contributed by atoms with Crippen LogP contribution in [0.15, 0.2) is 12.1 Å². The second-order valence-electron chi connectivity index (χ2n) is 4.16. The number of methoxy groups -OCH3 is 2. The van der Waals surface area contributed by atoms with Crippen molar-refractivity contribution in [1.82, 2.24) is 10.3 Å². The quantitative estimate of drug-likeness (QED) is 0.589. The van der Waals surface area contributed by atoms with E-state index in [-0.39, 0.29) is 23.7 Å². The molecule has 1 aromatic rings. The number of nitrogens with zero attached hydrogens (tertiary/aromatic N) is 2. The Bertz CT molecular complexity index is 468. The number of hydrogen-bond donors (Lipinski definition) is 2. The summed E-state index contributed by atoms with van der Waals surface area (Å²) < 4.78 is 10.3. The molecule has 1 saturated heterocycles. The lowest BCUT2D eigenvalue weighted by Gasteiger charge is -2.19. The minimum absolute atomic E-state index is 0.0485. The summed E-state index contributed by atoms with van der Waals surface area (Å²) in [5.41, 5.74) is -0.0810. The molecule has 1 fully saturated rings. The van der Waals surface area contributed by atoms with Gasteiger partial charge in [0.25, 0.3) is 0 Å². The lowest BCUT2D eigenvalue weighted by Crippen LogP contribution is -2.34. The molecule has 8 heteroatoms. The predicted octanol–water partition coefficient (Wildman–Crippen LogP) is 0.397. The summed E-state index contributed by atoms with van der Waals surface area (Å²) in [6.45, 7) is 1.36. The molecule has 19 heavy (non-hydrogen) atoms. The highest BCUT2D eigenvalue weighted by Gasteiger charge is 2.29. The van der Waals surface area contributed by atoms with Crippen LogP contribution in [0.3, 0.4) is 0 Å². The van der Waals surface area contributed by atoms with Gasteiger partial charge in [-0.1, -0.05) is 0 Å². The van der Waals surface area contributed by atoms with E-state index in [0.717, 1.165) is 0 Å². The van der Waals surface area contributed by atoms with Crippen LogP contribution >= 0.6 is 0 Å². The van der Waals surface area contributed by atoms with E-state index in [1.165, 1.54) is 19.2 Å². The maximum absolute atomic E-state index is 11.0. The fourth-order valence-corrected chi connectivity index (χ4v) is 2.02. The van der Waals surface area contributed by atoms with Crippen LogP contribution < -0.4 is 15.4 Å². The number of nitrogens with one attached hydrogen (secondary N) is 2. The third-order valence-electron chi connectivity index (χ3n) is 3.04. The first-order valence-electron chi connectivity index (χ1n) is 5.85. The van der Waals surface area contributed by atoms with Gasteiger partial charge in [0.1, 0.15) is 0 Å². The summed E-state index contributed by atoms with van der Waals surface area (Å²) >= 11 is 0. The lowest BCUT2D eigenvalue weighted by atomic mass is 10.2. The Balaban J connectivity index is 2.24. The minimum atomic E-state index is -0.473. The topological polar surface area (TPSA) is 98.6 Å². The van der Waals surface area contributed by atoms with E-state index in [1.807, 2.05) is 0 Å². The van der Waals surface area contributed by atoms with Gasteiger partial charge in [-0.05, 0) is 0 Å². The number of rotatable bonds is 5. The molecule has 2 N–H and O–H groups in total. The van der Waals surface area contributed by atoms with E-state index in [1.54, 1.807) is 7.11 Å². The van der Waals surface area contributed by atoms with Crippen molar-refractivity contribution in [1.29, 1.82) is 0 Å². The van der Waals surface area contributed by atoms with Gasteiger partial charge in [0.05, 0.1) is 24.2 Å². The Morgan fingerprint density at radius 2 is 2.26 bits per heavy atom. The summed E-state index contributed by atoms with van der Waals surface area (Å²) in [4.78, 5) is 14.6. The standard InChI is InChI=1S/C11H16N4O4/c1-18-9-6-12-5-7(9)13-11-8(15(16)17)3-4-10(14-11)19-2/h3-4,7,9,12H,5-6H2,1-2H3,(H,13,14)/t7?,9-/m0/s1. The van der Waals surface area contributed by atoms with Crippen LogP contribution in [0.1, 0.15) is 0 Å². The fourth-order valence-electron chi connectivity index (χ4n) is 2.02. The summed E-state index contributed by atoms with van der Waals surface area (Å²) in [5, 5.41) is 17.2. The molecular formula is C11H16N4O4. The van der Waals surface area contributed by atoms with Crippen molar-refractivity contribution >= 4 is 11.5 Å². The number of hydrogen-bond acceptors (Lipinski definition) is 7. The highest BCUT2D eigenvalue weighted by Crippen LogP contribution is 2.26. The van der Waals surface area contributed by atoms with Gasteiger partial charge < -0.3 is 20.1 Å². The maximum atomic E-state index is 11.0. The van der Waals surface area contributed by atoms with Gasteiger partial charge in [-0.2, -0.15) is 4.98 Å². The van der Waals surface area contributed by atoms with Crippen LogP contribution in [0.2, 0.25) is 0 Å². The summed E-state index contributed by atoms with van der Waals surface area (Å²) in [6.07, 6.45) is -0.0485. The van der Waals surface area contributed by atoms with Gasteiger partial charge >= 0.3 is 5.69 Å². The van der Waals surface area contributed by atoms with Crippen molar-refractivity contribution < 1.29 is 14.4 Å². The average Bonchev–Trinajstić information content (AvgIpc) is 2.85. The Kier molecular flexibility index (Phi) is 4.13. The van der Waals surface area contributed by atoms with Crippen molar-refractivity contribution in [3.05, 3.63) is 22.2 Å². The zero-order chi connectivity index (χ0) is 13.8. The average molecular weight is 268 g/mol. The monoisotopic (exact) mass is 268 g/mol. The molecule has 1 aliphatic rings. The molecule has 2 heterocycles. The molecule has 0 amide bonds. The first kappa shape index (κ1) is 13.5. The Labute approximate surface area is 110 Å². The number of ether oxygens (including phenoxy) is 2. The van der Waals surface area contributed by atoms with E-state index in [9.17, 15) is 10.1 Å². The van der Waals surface area contributed by atoms with Crippen LogP contribution in [-0.4, -0.2) is 49.4 Å². The van der Waals surface area contributed by atoms with E-state index in [2.05, 4.69) is 15.6 Å². The van der Waals surface area contributed by atoms with Crippen LogP contribution in [0.4, 0.5) is 11.5 Å². The zero-order valence-electron chi connectivity index (χ0n) is 10.8. The second-order valence-corrected chi connectivity index (χ2v) is 4.16. The fraction of sp³-hybridized carbons (Fsp3) is 0.545. The maximum Gasteiger partial charge on any atom is 0.311 e. The van der Waals surface area contributed by atoms with Gasteiger partial charge in [-0.25, -0.2) is 0 Å². The highest BCUT2D eigenvalue weighted by atomic mass is 16.6. The zero-order valence-corrected chi connectivity index (χ0v) is 10.8. The highest BCUT2D eigenvalue weighted by molar-refractivity contribution is 5.57. The van der Waals surface area contributed by atoms with Gasteiger partial charge in [0, 0.05) is 32.3 Å². The molecular weight excluding hydrogens is 252 g/mol. The van der Waals surface area contributed by atoms with Crippen LogP contribution in [0, 0.1) is 10.1 Å². The van der Waals surface area contributed by atoms with Crippen molar-refractivity contribution in [2.24, 2.45) is 0 Å². The number of aromatic nitrogens is 1. The molecule has 8 nitrogen and oxygen atoms in total. The molecule has 1 aliphatic heterocycles. The van der Waals surface area contributed by atoms with Crippen molar-refractivity contribution in [3.8, 4) is 5.88 Å². The van der Waals surface area contributed by atoms with Crippen molar-refractivity contribution in [2.75, 3.05) is 32.6 Å². The molecule has 0 spiro atoms. The van der Waals surface area contributed by atoms with Crippen molar-refractivity contribution in [2.45, 2.75) is 12.1 Å². The number of pyridine rings is 1. The van der Waals surface area contributed by atoms with Gasteiger partial charge in [0.15, 0.2) is 0 Å². The van der Waals surface area contributed by atoms with Gasteiger partial charge in [-0.15, -0.1) is 0 Å². The van der Waals surface area contributed by atoms with Crippen LogP contribution in [0.5, 0.6) is 5.88 Å². The molecule has 104 valence electrons. The minimum Gasteiger partial charge on any atom is -0.481 e. The molecule has 1 unspecified atom stereocenters. The Morgan fingerprint density at radius 3 is 2.89 bits per heavy atom. The van der Waals surface area contributed by atoms with E-state index < -0.39 is 4.92 Å². The first-order valence-corrected chi connectivity index (χ1v) is 5.85. The van der Waals surface area contributed by atoms with Crippen LogP contribution in [0.25, 0.3) is 0 Å². The molecule has 0 radical (unpaired) electrons. The third kappa shape index (κ3) is 2.91. The van der Waals surface area contributed by atoms with Gasteiger partial charge in [-0.3, -0.25) is 10.1 Å². The molecule has 0 aromatic carbocycles.